The Balaban J connectivity index is 1.53. The van der Waals surface area contributed by atoms with Crippen molar-refractivity contribution < 1.29 is 18.7 Å². The number of nitrogens with two attached hydrogens (primary N) is 1. The molecule has 0 radical (unpaired) electrons. The van der Waals surface area contributed by atoms with E-state index < -0.39 is 5.91 Å². The van der Waals surface area contributed by atoms with Crippen molar-refractivity contribution in [2.45, 2.75) is 20.4 Å². The van der Waals surface area contributed by atoms with Crippen molar-refractivity contribution in [3.63, 3.8) is 0 Å². The number of amides is 1. The topological polar surface area (TPSA) is 130 Å². The van der Waals surface area contributed by atoms with Crippen molar-refractivity contribution >= 4 is 17.4 Å². The standard InChI is InChI=1S/C23H24N6O4/c1-13-5-7-15(8-6-13)23-26-19(14(2)33-23)12-29-21(24)20(27-28-29)22(30)25-16-9-17(31-3)11-18(10-16)32-4/h5-11H,12,24H2,1-4H3,(H,25,30). The number of aryl methyl sites for hydroxylation is 2. The number of rotatable bonds is 7. The van der Waals surface area contributed by atoms with Gasteiger partial charge in [0.1, 0.15) is 23.0 Å². The maximum atomic E-state index is 12.8. The van der Waals surface area contributed by atoms with E-state index in [1.54, 1.807) is 18.2 Å². The Morgan fingerprint density at radius 2 is 1.76 bits per heavy atom. The zero-order chi connectivity index (χ0) is 23.5. The number of aromatic nitrogens is 4. The molecule has 0 spiro atoms. The van der Waals surface area contributed by atoms with Crippen LogP contribution in [0, 0.1) is 13.8 Å². The fourth-order valence-electron chi connectivity index (χ4n) is 3.20. The predicted octanol–water partition coefficient (Wildman–Crippen LogP) is 3.45. The summed E-state index contributed by atoms with van der Waals surface area (Å²) in [6, 6.07) is 12.9. The number of carbonyl (C=O) groups is 1. The van der Waals surface area contributed by atoms with Gasteiger partial charge in [-0.25, -0.2) is 9.67 Å². The van der Waals surface area contributed by atoms with Gasteiger partial charge >= 0.3 is 0 Å². The van der Waals surface area contributed by atoms with E-state index in [0.29, 0.717) is 34.5 Å². The van der Waals surface area contributed by atoms with E-state index in [9.17, 15) is 4.79 Å². The molecule has 0 atom stereocenters. The minimum Gasteiger partial charge on any atom is -0.497 e. The van der Waals surface area contributed by atoms with E-state index in [1.165, 1.54) is 18.9 Å². The molecule has 10 heteroatoms. The fourth-order valence-corrected chi connectivity index (χ4v) is 3.20. The largest absolute Gasteiger partial charge is 0.497 e. The highest BCUT2D eigenvalue weighted by molar-refractivity contribution is 6.05. The number of ether oxygens (including phenoxy) is 2. The number of anilines is 2. The van der Waals surface area contributed by atoms with Crippen LogP contribution in [0.3, 0.4) is 0 Å². The number of carbonyl (C=O) groups excluding carboxylic acids is 1. The summed E-state index contributed by atoms with van der Waals surface area (Å²) in [5.74, 6) is 1.81. The Labute approximate surface area is 190 Å². The lowest BCUT2D eigenvalue weighted by atomic mass is 10.1. The summed E-state index contributed by atoms with van der Waals surface area (Å²) in [6.45, 7) is 4.04. The molecule has 0 saturated heterocycles. The maximum Gasteiger partial charge on any atom is 0.280 e. The monoisotopic (exact) mass is 448 g/mol. The Morgan fingerprint density at radius 1 is 1.09 bits per heavy atom. The molecule has 2 aromatic heterocycles. The average molecular weight is 448 g/mol. The minimum absolute atomic E-state index is 0.00306. The third kappa shape index (κ3) is 4.64. The maximum absolute atomic E-state index is 12.8. The molecule has 0 unspecified atom stereocenters. The highest BCUT2D eigenvalue weighted by Gasteiger charge is 2.20. The van der Waals surface area contributed by atoms with E-state index in [4.69, 9.17) is 19.6 Å². The molecule has 2 heterocycles. The molecule has 33 heavy (non-hydrogen) atoms. The molecule has 0 fully saturated rings. The second kappa shape index (κ2) is 9.03. The van der Waals surface area contributed by atoms with Gasteiger partial charge in [0.25, 0.3) is 5.91 Å². The van der Waals surface area contributed by atoms with Crippen LogP contribution in [0.25, 0.3) is 11.5 Å². The van der Waals surface area contributed by atoms with Crippen LogP contribution in [0.2, 0.25) is 0 Å². The van der Waals surface area contributed by atoms with Crippen molar-refractivity contribution in [3.05, 3.63) is 65.2 Å². The molecule has 170 valence electrons. The van der Waals surface area contributed by atoms with Gasteiger partial charge in [-0.3, -0.25) is 4.79 Å². The number of nitrogens with zero attached hydrogens (tertiary/aromatic N) is 4. The van der Waals surface area contributed by atoms with Crippen LogP contribution in [0.4, 0.5) is 11.5 Å². The van der Waals surface area contributed by atoms with Gasteiger partial charge < -0.3 is 24.9 Å². The zero-order valence-corrected chi connectivity index (χ0v) is 18.7. The number of hydrogen-bond donors (Lipinski definition) is 2. The summed E-state index contributed by atoms with van der Waals surface area (Å²) in [5, 5.41) is 10.7. The first-order valence-corrected chi connectivity index (χ1v) is 10.1. The Morgan fingerprint density at radius 3 is 2.39 bits per heavy atom. The smallest absolute Gasteiger partial charge is 0.280 e. The molecule has 0 aliphatic heterocycles. The SMILES string of the molecule is COc1cc(NC(=O)c2nnn(Cc3nc(-c4ccc(C)cc4)oc3C)c2N)cc(OC)c1. The molecule has 0 saturated carbocycles. The second-order valence-electron chi connectivity index (χ2n) is 7.42. The normalized spacial score (nSPS) is 10.8. The summed E-state index contributed by atoms with van der Waals surface area (Å²) >= 11 is 0. The van der Waals surface area contributed by atoms with Gasteiger partial charge in [0.05, 0.1) is 20.8 Å². The number of methoxy groups -OCH3 is 2. The molecule has 0 aliphatic carbocycles. The van der Waals surface area contributed by atoms with Gasteiger partial charge in [-0.15, -0.1) is 5.10 Å². The number of benzene rings is 2. The molecule has 4 rings (SSSR count). The summed E-state index contributed by atoms with van der Waals surface area (Å²) in [5.41, 5.74) is 9.31. The van der Waals surface area contributed by atoms with Gasteiger partial charge in [0, 0.05) is 29.4 Å². The van der Waals surface area contributed by atoms with Crippen LogP contribution in [-0.4, -0.2) is 40.1 Å². The highest BCUT2D eigenvalue weighted by atomic mass is 16.5. The first kappa shape index (κ1) is 21.9. The number of hydrogen-bond acceptors (Lipinski definition) is 8. The van der Waals surface area contributed by atoms with Gasteiger partial charge in [0.15, 0.2) is 11.5 Å². The van der Waals surface area contributed by atoms with Crippen molar-refractivity contribution in [1.29, 1.82) is 0 Å². The lowest BCUT2D eigenvalue weighted by Crippen LogP contribution is -2.15. The third-order valence-electron chi connectivity index (χ3n) is 5.09. The molecule has 0 bridgehead atoms. The zero-order valence-electron chi connectivity index (χ0n) is 18.7. The van der Waals surface area contributed by atoms with Crippen molar-refractivity contribution in [1.82, 2.24) is 20.0 Å². The lowest BCUT2D eigenvalue weighted by Gasteiger charge is -2.09. The third-order valence-corrected chi connectivity index (χ3v) is 5.09. The summed E-state index contributed by atoms with van der Waals surface area (Å²) in [4.78, 5) is 17.3. The molecule has 4 aromatic rings. The molecule has 2 aromatic carbocycles. The summed E-state index contributed by atoms with van der Waals surface area (Å²) < 4.78 is 17.7. The van der Waals surface area contributed by atoms with E-state index in [1.807, 2.05) is 38.1 Å². The van der Waals surface area contributed by atoms with Crippen LogP contribution in [0.1, 0.15) is 27.5 Å². The quantitative estimate of drug-likeness (QED) is 0.440. The molecule has 0 aliphatic rings. The van der Waals surface area contributed by atoms with Crippen LogP contribution in [0.5, 0.6) is 11.5 Å². The van der Waals surface area contributed by atoms with Crippen LogP contribution in [-0.2, 0) is 6.54 Å². The van der Waals surface area contributed by atoms with Gasteiger partial charge in [-0.05, 0) is 26.0 Å². The average Bonchev–Trinajstić information content (AvgIpc) is 3.36. The van der Waals surface area contributed by atoms with Crippen molar-refractivity contribution in [3.8, 4) is 23.0 Å². The van der Waals surface area contributed by atoms with Crippen molar-refractivity contribution in [2.24, 2.45) is 0 Å². The Hall–Kier alpha value is -4.34. The molecular weight excluding hydrogens is 424 g/mol. The minimum atomic E-state index is -0.508. The van der Waals surface area contributed by atoms with E-state index in [0.717, 1.165) is 11.1 Å². The molecular formula is C23H24N6O4. The summed E-state index contributed by atoms with van der Waals surface area (Å²) in [6.07, 6.45) is 0. The summed E-state index contributed by atoms with van der Waals surface area (Å²) in [7, 11) is 3.06. The second-order valence-corrected chi connectivity index (χ2v) is 7.42. The van der Waals surface area contributed by atoms with E-state index in [2.05, 4.69) is 20.6 Å². The predicted molar refractivity (Wildman–Crippen MR) is 122 cm³/mol. The first-order chi connectivity index (χ1) is 15.9. The van der Waals surface area contributed by atoms with Crippen LogP contribution >= 0.6 is 0 Å². The lowest BCUT2D eigenvalue weighted by molar-refractivity contribution is 0.102. The van der Waals surface area contributed by atoms with E-state index >= 15 is 0 Å². The highest BCUT2D eigenvalue weighted by Crippen LogP contribution is 2.27. The van der Waals surface area contributed by atoms with E-state index in [-0.39, 0.29) is 18.1 Å². The van der Waals surface area contributed by atoms with Gasteiger partial charge in [0.2, 0.25) is 5.89 Å². The Bertz CT molecular complexity index is 1270. The van der Waals surface area contributed by atoms with Gasteiger partial charge in [-0.2, -0.15) is 0 Å². The van der Waals surface area contributed by atoms with Crippen molar-refractivity contribution in [2.75, 3.05) is 25.3 Å². The molecule has 10 nitrogen and oxygen atoms in total. The number of nitrogen functional groups attached to an aromatic ring is 1. The number of oxazole rings is 1. The first-order valence-electron chi connectivity index (χ1n) is 10.1. The Kier molecular flexibility index (Phi) is 5.99. The van der Waals surface area contributed by atoms with Crippen LogP contribution < -0.4 is 20.5 Å². The molecule has 3 N–H and O–H groups in total. The van der Waals surface area contributed by atoms with Gasteiger partial charge in [-0.1, -0.05) is 22.9 Å². The van der Waals surface area contributed by atoms with Crippen LogP contribution in [0.15, 0.2) is 46.9 Å². The number of nitrogens with one attached hydrogen (secondary N) is 1. The fraction of sp³-hybridized carbons (Fsp3) is 0.217. The molecule has 1 amide bonds.